The van der Waals surface area contributed by atoms with Gasteiger partial charge in [0.05, 0.1) is 6.61 Å². The van der Waals surface area contributed by atoms with Gasteiger partial charge in [0.25, 0.3) is 0 Å². The molecule has 0 aromatic carbocycles. The van der Waals surface area contributed by atoms with Crippen LogP contribution in [-0.2, 0) is 16.0 Å². The first-order chi connectivity index (χ1) is 17.7. The van der Waals surface area contributed by atoms with Gasteiger partial charge in [-0.05, 0) is 24.8 Å². The summed E-state index contributed by atoms with van der Waals surface area (Å²) in [4.78, 5) is 11.8. The van der Waals surface area contributed by atoms with Crippen molar-refractivity contribution in [2.45, 2.75) is 123 Å². The Morgan fingerprint density at radius 1 is 0.722 bits per heavy atom. The van der Waals surface area contributed by atoms with E-state index in [0.29, 0.717) is 13.2 Å². The normalized spacial score (nSPS) is 10.9. The van der Waals surface area contributed by atoms with Gasteiger partial charge in [-0.15, -0.1) is 0 Å². The summed E-state index contributed by atoms with van der Waals surface area (Å²) in [6.07, 6.45) is 25.7. The second kappa shape index (κ2) is 24.8. The first-order valence-corrected chi connectivity index (χ1v) is 14.8. The van der Waals surface area contributed by atoms with Crippen LogP contribution in [0.1, 0.15) is 116 Å². The van der Waals surface area contributed by atoms with E-state index in [1.807, 2.05) is 6.07 Å². The number of carbonyl (C=O) groups is 1. The van der Waals surface area contributed by atoms with Crippen molar-refractivity contribution >= 4 is 6.09 Å². The SMILES string of the molecule is C=C(COCCCCCC[n+]1ccccc1)COC(=O)NCCCCCCCCCCCCCCC. The van der Waals surface area contributed by atoms with Crippen molar-refractivity contribution in [2.75, 3.05) is 26.4 Å². The third kappa shape index (κ3) is 21.4. The van der Waals surface area contributed by atoms with E-state index < -0.39 is 0 Å². The molecule has 5 heteroatoms. The fourth-order valence-electron chi connectivity index (χ4n) is 4.25. The quantitative estimate of drug-likeness (QED) is 0.0837. The molecule has 0 spiro atoms. The zero-order valence-electron chi connectivity index (χ0n) is 23.3. The largest absolute Gasteiger partial charge is 0.445 e. The van der Waals surface area contributed by atoms with Gasteiger partial charge in [-0.2, -0.15) is 0 Å². The second-order valence-corrected chi connectivity index (χ2v) is 10.1. The predicted octanol–water partition coefficient (Wildman–Crippen LogP) is 7.92. The van der Waals surface area contributed by atoms with E-state index in [1.165, 1.54) is 89.9 Å². The van der Waals surface area contributed by atoms with Crippen LogP contribution in [0.5, 0.6) is 0 Å². The van der Waals surface area contributed by atoms with E-state index in [-0.39, 0.29) is 12.7 Å². The zero-order valence-corrected chi connectivity index (χ0v) is 23.3. The predicted molar refractivity (Wildman–Crippen MR) is 150 cm³/mol. The summed E-state index contributed by atoms with van der Waals surface area (Å²) in [7, 11) is 0. The zero-order chi connectivity index (χ0) is 25.9. The van der Waals surface area contributed by atoms with Crippen molar-refractivity contribution in [3.8, 4) is 0 Å². The highest BCUT2D eigenvalue weighted by molar-refractivity contribution is 5.67. The molecule has 0 aliphatic carbocycles. The third-order valence-electron chi connectivity index (χ3n) is 6.50. The van der Waals surface area contributed by atoms with Gasteiger partial charge in [0, 0.05) is 31.7 Å². The van der Waals surface area contributed by atoms with E-state index in [4.69, 9.17) is 9.47 Å². The summed E-state index contributed by atoms with van der Waals surface area (Å²) < 4.78 is 13.1. The smallest absolute Gasteiger partial charge is 0.407 e. The molecule has 206 valence electrons. The molecule has 0 bridgehead atoms. The Balaban J connectivity index is 1.78. The number of ether oxygens (including phenoxy) is 2. The van der Waals surface area contributed by atoms with Crippen LogP contribution in [0.15, 0.2) is 42.7 Å². The van der Waals surface area contributed by atoms with Gasteiger partial charge in [-0.3, -0.25) is 0 Å². The van der Waals surface area contributed by atoms with Gasteiger partial charge >= 0.3 is 6.09 Å². The Bertz CT molecular complexity index is 636. The Morgan fingerprint density at radius 2 is 1.28 bits per heavy atom. The average Bonchev–Trinajstić information content (AvgIpc) is 2.89. The molecule has 1 rings (SSSR count). The van der Waals surface area contributed by atoms with E-state index in [9.17, 15) is 4.79 Å². The number of carbonyl (C=O) groups excluding carboxylic acids is 1. The van der Waals surface area contributed by atoms with Gasteiger partial charge in [0.1, 0.15) is 13.2 Å². The highest BCUT2D eigenvalue weighted by Gasteiger charge is 2.04. The number of aromatic nitrogens is 1. The number of unbranched alkanes of at least 4 members (excludes halogenated alkanes) is 15. The maximum Gasteiger partial charge on any atom is 0.407 e. The lowest BCUT2D eigenvalue weighted by molar-refractivity contribution is -0.697. The molecule has 0 unspecified atom stereocenters. The molecule has 0 aliphatic rings. The Labute approximate surface area is 222 Å². The number of amides is 1. The number of pyridine rings is 1. The summed E-state index contributed by atoms with van der Waals surface area (Å²) in [5.74, 6) is 0. The van der Waals surface area contributed by atoms with Crippen molar-refractivity contribution in [2.24, 2.45) is 0 Å². The van der Waals surface area contributed by atoms with Crippen molar-refractivity contribution in [3.05, 3.63) is 42.7 Å². The van der Waals surface area contributed by atoms with E-state index >= 15 is 0 Å². The van der Waals surface area contributed by atoms with Crippen LogP contribution in [0.2, 0.25) is 0 Å². The third-order valence-corrected chi connectivity index (χ3v) is 6.50. The lowest BCUT2D eigenvalue weighted by Gasteiger charge is -2.09. The first-order valence-electron chi connectivity index (χ1n) is 14.8. The lowest BCUT2D eigenvalue weighted by Crippen LogP contribution is -2.32. The number of aryl methyl sites for hydroxylation is 1. The molecule has 0 radical (unpaired) electrons. The molecule has 0 saturated carbocycles. The molecule has 1 aromatic rings. The van der Waals surface area contributed by atoms with E-state index in [0.717, 1.165) is 38.0 Å². The number of nitrogens with one attached hydrogen (secondary N) is 1. The topological polar surface area (TPSA) is 51.4 Å². The Hall–Kier alpha value is -1.88. The molecule has 0 atom stereocenters. The Morgan fingerprint density at radius 3 is 1.92 bits per heavy atom. The highest BCUT2D eigenvalue weighted by atomic mass is 16.5. The lowest BCUT2D eigenvalue weighted by atomic mass is 10.0. The summed E-state index contributed by atoms with van der Waals surface area (Å²) in [5, 5.41) is 2.84. The van der Waals surface area contributed by atoms with Crippen LogP contribution in [0.3, 0.4) is 0 Å². The maximum absolute atomic E-state index is 11.8. The van der Waals surface area contributed by atoms with Crippen LogP contribution in [0.25, 0.3) is 0 Å². The molecular formula is C31H55N2O3+. The molecule has 5 nitrogen and oxygen atoms in total. The van der Waals surface area contributed by atoms with Crippen LogP contribution < -0.4 is 9.88 Å². The Kier molecular flexibility index (Phi) is 22.1. The van der Waals surface area contributed by atoms with Crippen LogP contribution in [0.4, 0.5) is 4.79 Å². The molecule has 1 heterocycles. The summed E-state index contributed by atoms with van der Waals surface area (Å²) >= 11 is 0. The number of rotatable bonds is 25. The molecule has 36 heavy (non-hydrogen) atoms. The molecule has 0 fully saturated rings. The monoisotopic (exact) mass is 503 g/mol. The van der Waals surface area contributed by atoms with Crippen molar-refractivity contribution < 1.29 is 18.8 Å². The van der Waals surface area contributed by atoms with Crippen LogP contribution >= 0.6 is 0 Å². The number of hydrogen-bond acceptors (Lipinski definition) is 3. The fraction of sp³-hybridized carbons (Fsp3) is 0.742. The van der Waals surface area contributed by atoms with Gasteiger partial charge in [0.15, 0.2) is 12.4 Å². The second-order valence-electron chi connectivity index (χ2n) is 10.1. The molecule has 1 amide bonds. The number of hydrogen-bond donors (Lipinski definition) is 1. The maximum atomic E-state index is 11.8. The summed E-state index contributed by atoms with van der Waals surface area (Å²) in [5.41, 5.74) is 0.798. The fourth-order valence-corrected chi connectivity index (χ4v) is 4.25. The summed E-state index contributed by atoms with van der Waals surface area (Å²) in [6, 6.07) is 6.17. The molecule has 0 aliphatic heterocycles. The molecular weight excluding hydrogens is 448 g/mol. The van der Waals surface area contributed by atoms with E-state index in [2.05, 4.69) is 47.9 Å². The van der Waals surface area contributed by atoms with Gasteiger partial charge in [-0.1, -0.05) is 103 Å². The number of alkyl carbamates (subject to hydrolysis) is 1. The molecule has 0 saturated heterocycles. The van der Waals surface area contributed by atoms with E-state index in [1.54, 1.807) is 0 Å². The van der Waals surface area contributed by atoms with Gasteiger partial charge in [0.2, 0.25) is 0 Å². The summed E-state index contributed by atoms with van der Waals surface area (Å²) in [6.45, 7) is 9.37. The highest BCUT2D eigenvalue weighted by Crippen LogP contribution is 2.12. The van der Waals surface area contributed by atoms with Gasteiger partial charge < -0.3 is 14.8 Å². The first kappa shape index (κ1) is 32.1. The van der Waals surface area contributed by atoms with Crippen LogP contribution in [-0.4, -0.2) is 32.5 Å². The van der Waals surface area contributed by atoms with Crippen molar-refractivity contribution in [1.29, 1.82) is 0 Å². The standard InChI is InChI=1S/C31H54N2O3/c1-3-4-5-6-7-8-9-10-11-12-13-14-18-23-32-31(34)36-29-30(2)28-35-27-22-16-15-19-24-33-25-20-17-21-26-33/h17,20-21,25-26H,2-16,18-19,22-24,27-29H2,1H3/p+1. The minimum atomic E-state index is -0.355. The van der Waals surface area contributed by atoms with Crippen molar-refractivity contribution in [3.63, 3.8) is 0 Å². The van der Waals surface area contributed by atoms with Gasteiger partial charge in [-0.25, -0.2) is 9.36 Å². The average molecular weight is 504 g/mol. The molecule has 1 aromatic heterocycles. The van der Waals surface area contributed by atoms with Crippen molar-refractivity contribution in [1.82, 2.24) is 5.32 Å². The minimum absolute atomic E-state index is 0.221. The minimum Gasteiger partial charge on any atom is -0.445 e. The van der Waals surface area contributed by atoms with Crippen LogP contribution in [0, 0.1) is 0 Å². The molecule has 1 N–H and O–H groups in total. The number of nitrogens with zero attached hydrogens (tertiary/aromatic N) is 1.